The summed E-state index contributed by atoms with van der Waals surface area (Å²) in [5, 5.41) is 20.2. The van der Waals surface area contributed by atoms with E-state index < -0.39 is 28.1 Å². The maximum atomic E-state index is 13.7. The molecule has 10 nitrogen and oxygen atoms in total. The largest absolute Gasteiger partial charge is 0.389 e. The number of benzene rings is 2. The highest BCUT2D eigenvalue weighted by Crippen LogP contribution is 2.23. The molecule has 1 saturated heterocycles. The molecule has 1 fully saturated rings. The summed E-state index contributed by atoms with van der Waals surface area (Å²) in [7, 11) is -0.672. The minimum atomic E-state index is -3.67. The average molecular weight is 600 g/mol. The molecule has 3 atom stereocenters. The molecule has 3 unspecified atom stereocenters. The van der Waals surface area contributed by atoms with Crippen molar-refractivity contribution >= 4 is 38.9 Å². The van der Waals surface area contributed by atoms with Crippen LogP contribution in [0.25, 0.3) is 0 Å². The van der Waals surface area contributed by atoms with Crippen LogP contribution in [-0.2, 0) is 23.0 Å². The number of nitrogens with zero attached hydrogens (tertiary/aromatic N) is 3. The minimum absolute atomic E-state index is 0.115. The normalized spacial score (nSPS) is 16.7. The van der Waals surface area contributed by atoms with Crippen molar-refractivity contribution in [1.82, 2.24) is 20.5 Å². The molecule has 0 saturated carbocycles. The fourth-order valence-electron chi connectivity index (χ4n) is 4.87. The number of hydrogen-bond acceptors (Lipinski definition) is 8. The van der Waals surface area contributed by atoms with Crippen molar-refractivity contribution in [1.29, 1.82) is 0 Å². The van der Waals surface area contributed by atoms with Gasteiger partial charge in [0.05, 0.1) is 30.6 Å². The van der Waals surface area contributed by atoms with Gasteiger partial charge in [-0.05, 0) is 56.5 Å². The first-order chi connectivity index (χ1) is 19.4. The number of sulfonamides is 1. The Kier molecular flexibility index (Phi) is 9.80. The summed E-state index contributed by atoms with van der Waals surface area (Å²) in [5.41, 5.74) is 2.28. The molecule has 2 aromatic carbocycles. The summed E-state index contributed by atoms with van der Waals surface area (Å²) in [6.45, 7) is 2.94. The van der Waals surface area contributed by atoms with Gasteiger partial charge in [0, 0.05) is 42.3 Å². The third-order valence-electron chi connectivity index (χ3n) is 7.21. The fourth-order valence-corrected chi connectivity index (χ4v) is 6.18. The number of carbonyl (C=O) groups excluding carboxylic acids is 2. The molecule has 0 aliphatic carbocycles. The molecular formula is C29H37N5O5S2. The monoisotopic (exact) mass is 599 g/mol. The van der Waals surface area contributed by atoms with Gasteiger partial charge in [-0.15, -0.1) is 11.3 Å². The molecule has 12 heteroatoms. The van der Waals surface area contributed by atoms with Crippen molar-refractivity contribution in [2.45, 2.75) is 50.9 Å². The van der Waals surface area contributed by atoms with Gasteiger partial charge in [-0.2, -0.15) is 0 Å². The summed E-state index contributed by atoms with van der Waals surface area (Å²) < 4.78 is 25.8. The number of anilines is 1. The molecule has 0 radical (unpaired) electrons. The zero-order valence-corrected chi connectivity index (χ0v) is 25.3. The van der Waals surface area contributed by atoms with Gasteiger partial charge in [0.25, 0.3) is 11.8 Å². The average Bonchev–Trinajstić information content (AvgIpc) is 3.63. The molecule has 220 valence electrons. The molecule has 0 spiro atoms. The van der Waals surface area contributed by atoms with Gasteiger partial charge >= 0.3 is 0 Å². The first-order valence-corrected chi connectivity index (χ1v) is 16.2. The highest BCUT2D eigenvalue weighted by atomic mass is 32.2. The van der Waals surface area contributed by atoms with Crippen LogP contribution in [0.5, 0.6) is 0 Å². The Morgan fingerprint density at radius 2 is 1.88 bits per heavy atom. The van der Waals surface area contributed by atoms with Crippen LogP contribution in [0.2, 0.25) is 0 Å². The van der Waals surface area contributed by atoms with Gasteiger partial charge in [0.1, 0.15) is 5.01 Å². The Labute approximate surface area is 245 Å². The number of aromatic nitrogens is 1. The van der Waals surface area contributed by atoms with Crippen LogP contribution >= 0.6 is 11.3 Å². The maximum Gasteiger partial charge on any atom is 0.254 e. The predicted molar refractivity (Wildman–Crippen MR) is 161 cm³/mol. The van der Waals surface area contributed by atoms with Crippen LogP contribution in [0.3, 0.4) is 0 Å². The van der Waals surface area contributed by atoms with E-state index in [1.807, 2.05) is 42.6 Å². The van der Waals surface area contributed by atoms with Crippen molar-refractivity contribution in [3.63, 3.8) is 0 Å². The predicted octanol–water partition coefficient (Wildman–Crippen LogP) is 2.57. The molecule has 3 aromatic rings. The third kappa shape index (κ3) is 7.91. The molecule has 2 amide bonds. The number of carbonyl (C=O) groups is 2. The molecule has 3 N–H and O–H groups in total. The van der Waals surface area contributed by atoms with Gasteiger partial charge in [-0.3, -0.25) is 13.9 Å². The van der Waals surface area contributed by atoms with E-state index in [2.05, 4.69) is 15.6 Å². The fraction of sp³-hybridized carbons (Fsp3) is 0.414. The molecule has 1 aliphatic rings. The lowest BCUT2D eigenvalue weighted by Gasteiger charge is -2.29. The molecular weight excluding hydrogens is 562 g/mol. The molecule has 1 aliphatic heterocycles. The van der Waals surface area contributed by atoms with E-state index in [9.17, 15) is 23.1 Å². The highest BCUT2D eigenvalue weighted by molar-refractivity contribution is 7.92. The van der Waals surface area contributed by atoms with Crippen LogP contribution in [0.1, 0.15) is 49.8 Å². The number of aliphatic hydroxyl groups is 1. The lowest BCUT2D eigenvalue weighted by molar-refractivity contribution is 0.0737. The number of rotatable bonds is 11. The Morgan fingerprint density at radius 1 is 1.17 bits per heavy atom. The second kappa shape index (κ2) is 13.1. The summed E-state index contributed by atoms with van der Waals surface area (Å²) >= 11 is 1.44. The van der Waals surface area contributed by atoms with Gasteiger partial charge < -0.3 is 20.6 Å². The quantitative estimate of drug-likeness (QED) is 0.309. The first kappa shape index (κ1) is 30.6. The number of hydrogen-bond donors (Lipinski definition) is 3. The topological polar surface area (TPSA) is 132 Å². The standard InChI is InChI=1S/C29H37N5O5S2/c1-19-18-40-26(31-19)17-33(2)29(37)22-14-21(15-23(16-22)34(3)41(4,38)39)28(36)32-25(13-20-9-6-5-7-10-20)27(35)24-11-8-12-30-24/h5-7,9-10,14-16,18,24-25,27,30,35H,8,11-13,17H2,1-4H3,(H,32,36). The smallest absolute Gasteiger partial charge is 0.254 e. The van der Waals surface area contributed by atoms with E-state index in [0.717, 1.165) is 46.2 Å². The van der Waals surface area contributed by atoms with Crippen LogP contribution in [0, 0.1) is 6.92 Å². The lowest BCUT2D eigenvalue weighted by atomic mass is 9.95. The summed E-state index contributed by atoms with van der Waals surface area (Å²) in [6.07, 6.45) is 2.33. The van der Waals surface area contributed by atoms with Gasteiger partial charge in [-0.1, -0.05) is 30.3 Å². The number of aliphatic hydroxyl groups excluding tert-OH is 1. The Morgan fingerprint density at radius 3 is 2.49 bits per heavy atom. The van der Waals surface area contributed by atoms with Crippen LogP contribution < -0.4 is 14.9 Å². The number of aryl methyl sites for hydroxylation is 1. The Bertz CT molecular complexity index is 1470. The third-order valence-corrected chi connectivity index (χ3v) is 9.37. The molecule has 4 rings (SSSR count). The second-order valence-corrected chi connectivity index (χ2v) is 13.5. The van der Waals surface area contributed by atoms with Gasteiger partial charge in [0.15, 0.2) is 0 Å². The van der Waals surface area contributed by atoms with Crippen molar-refractivity contribution < 1.29 is 23.1 Å². The molecule has 1 aromatic heterocycles. The number of amides is 2. The van der Waals surface area contributed by atoms with E-state index in [4.69, 9.17) is 0 Å². The summed E-state index contributed by atoms with van der Waals surface area (Å²) in [5.74, 6) is -0.898. The number of nitrogens with one attached hydrogen (secondary N) is 2. The van der Waals surface area contributed by atoms with Gasteiger partial charge in [0.2, 0.25) is 10.0 Å². The first-order valence-electron chi connectivity index (χ1n) is 13.4. The van der Waals surface area contributed by atoms with Crippen LogP contribution in [0.15, 0.2) is 53.9 Å². The molecule has 2 heterocycles. The van der Waals surface area contributed by atoms with E-state index in [1.165, 1.54) is 41.5 Å². The molecule has 0 bridgehead atoms. The van der Waals surface area contributed by atoms with Crippen molar-refractivity contribution in [3.05, 3.63) is 81.3 Å². The maximum absolute atomic E-state index is 13.7. The van der Waals surface area contributed by atoms with E-state index in [0.29, 0.717) is 6.42 Å². The summed E-state index contributed by atoms with van der Waals surface area (Å²) in [4.78, 5) is 33.0. The zero-order valence-electron chi connectivity index (χ0n) is 23.7. The summed E-state index contributed by atoms with van der Waals surface area (Å²) in [6, 6.07) is 13.2. The second-order valence-electron chi connectivity index (χ2n) is 10.5. The number of thiazole rings is 1. The van der Waals surface area contributed by atoms with Crippen LogP contribution in [0.4, 0.5) is 5.69 Å². The Balaban J connectivity index is 1.65. The van der Waals surface area contributed by atoms with Crippen molar-refractivity contribution in [3.8, 4) is 0 Å². The molecule has 41 heavy (non-hydrogen) atoms. The minimum Gasteiger partial charge on any atom is -0.389 e. The van der Waals surface area contributed by atoms with E-state index in [-0.39, 0.29) is 35.3 Å². The van der Waals surface area contributed by atoms with E-state index in [1.54, 1.807) is 7.05 Å². The van der Waals surface area contributed by atoms with Crippen molar-refractivity contribution in [2.24, 2.45) is 0 Å². The lowest BCUT2D eigenvalue weighted by Crippen LogP contribution is -2.52. The highest BCUT2D eigenvalue weighted by Gasteiger charge is 2.31. The zero-order chi connectivity index (χ0) is 29.7. The van der Waals surface area contributed by atoms with E-state index >= 15 is 0 Å². The van der Waals surface area contributed by atoms with Crippen LogP contribution in [-0.4, -0.2) is 80.3 Å². The van der Waals surface area contributed by atoms with Gasteiger partial charge in [-0.25, -0.2) is 13.4 Å². The van der Waals surface area contributed by atoms with Crippen molar-refractivity contribution in [2.75, 3.05) is 31.2 Å². The SMILES string of the molecule is Cc1csc(CN(C)C(=O)c2cc(C(=O)NC(Cc3ccccc3)C(O)C3CCCN3)cc(N(C)S(C)(=O)=O)c2)n1. The Hall–Kier alpha value is -3.32.